The van der Waals surface area contributed by atoms with Gasteiger partial charge in [-0.15, -0.1) is 0 Å². The molecular formula is C17H23N5O. The van der Waals surface area contributed by atoms with Crippen molar-refractivity contribution in [3.05, 3.63) is 29.2 Å². The maximum absolute atomic E-state index is 9.83. The summed E-state index contributed by atoms with van der Waals surface area (Å²) in [6.45, 7) is 10.2. The van der Waals surface area contributed by atoms with Crippen molar-refractivity contribution in [3.8, 4) is 11.3 Å². The van der Waals surface area contributed by atoms with E-state index < -0.39 is 0 Å². The molecule has 3 heterocycles. The topological polar surface area (TPSA) is 68.8 Å². The Balaban J connectivity index is 2.36. The van der Waals surface area contributed by atoms with Gasteiger partial charge in [0.15, 0.2) is 5.65 Å². The Morgan fingerprint density at radius 2 is 1.91 bits per heavy atom. The molecule has 0 saturated heterocycles. The Labute approximate surface area is 135 Å². The van der Waals surface area contributed by atoms with Gasteiger partial charge < -0.3 is 5.11 Å². The minimum atomic E-state index is -0.186. The first-order valence-electron chi connectivity index (χ1n) is 7.73. The Morgan fingerprint density at radius 1 is 1.22 bits per heavy atom. The van der Waals surface area contributed by atoms with Crippen LogP contribution in [0.4, 0.5) is 0 Å². The van der Waals surface area contributed by atoms with E-state index in [2.05, 4.69) is 31.0 Å². The number of hydrogen-bond acceptors (Lipinski definition) is 4. The number of hydrogen-bond donors (Lipinski definition) is 1. The van der Waals surface area contributed by atoms with Crippen molar-refractivity contribution in [1.82, 2.24) is 24.5 Å². The quantitative estimate of drug-likeness (QED) is 0.790. The first-order chi connectivity index (χ1) is 10.7. The smallest absolute Gasteiger partial charge is 0.159 e. The zero-order chi connectivity index (χ0) is 16.9. The molecule has 6 nitrogen and oxygen atoms in total. The molecule has 3 aromatic rings. The maximum Gasteiger partial charge on any atom is 0.159 e. The highest BCUT2D eigenvalue weighted by atomic mass is 16.3. The van der Waals surface area contributed by atoms with Crippen molar-refractivity contribution in [2.75, 3.05) is 0 Å². The van der Waals surface area contributed by atoms with Crippen LogP contribution < -0.4 is 0 Å². The fourth-order valence-corrected chi connectivity index (χ4v) is 2.86. The van der Waals surface area contributed by atoms with Gasteiger partial charge in [0.1, 0.15) is 0 Å². The lowest BCUT2D eigenvalue weighted by molar-refractivity contribution is 0.283. The molecule has 0 atom stereocenters. The number of nitrogens with zero attached hydrogens (tertiary/aromatic N) is 5. The lowest BCUT2D eigenvalue weighted by atomic mass is 10.1. The summed E-state index contributed by atoms with van der Waals surface area (Å²) in [5, 5.41) is 19.7. The van der Waals surface area contributed by atoms with Crippen LogP contribution in [0.1, 0.15) is 37.7 Å². The summed E-state index contributed by atoms with van der Waals surface area (Å²) < 4.78 is 3.76. The van der Waals surface area contributed by atoms with Crippen LogP contribution in [0.3, 0.4) is 0 Å². The molecule has 0 fully saturated rings. The highest BCUT2D eigenvalue weighted by molar-refractivity contribution is 5.85. The molecule has 0 amide bonds. The van der Waals surface area contributed by atoms with E-state index in [-0.39, 0.29) is 12.1 Å². The van der Waals surface area contributed by atoms with Crippen LogP contribution in [-0.4, -0.2) is 29.7 Å². The molecule has 3 aromatic heterocycles. The Kier molecular flexibility index (Phi) is 3.52. The lowest BCUT2D eigenvalue weighted by Gasteiger charge is -2.20. The zero-order valence-corrected chi connectivity index (χ0v) is 14.5. The van der Waals surface area contributed by atoms with Crippen LogP contribution >= 0.6 is 0 Å². The van der Waals surface area contributed by atoms with E-state index in [1.54, 1.807) is 0 Å². The van der Waals surface area contributed by atoms with Gasteiger partial charge in [0.05, 0.1) is 29.7 Å². The van der Waals surface area contributed by atoms with Gasteiger partial charge in [0, 0.05) is 23.7 Å². The molecule has 0 radical (unpaired) electrons. The third-order valence-electron chi connectivity index (χ3n) is 4.21. The lowest BCUT2D eigenvalue weighted by Crippen LogP contribution is -2.23. The van der Waals surface area contributed by atoms with Gasteiger partial charge >= 0.3 is 0 Å². The Bertz CT molecular complexity index is 883. The van der Waals surface area contributed by atoms with Crippen molar-refractivity contribution in [1.29, 1.82) is 0 Å². The molecule has 6 heteroatoms. The highest BCUT2D eigenvalue weighted by Crippen LogP contribution is 2.30. The van der Waals surface area contributed by atoms with E-state index in [4.69, 9.17) is 4.98 Å². The van der Waals surface area contributed by atoms with E-state index >= 15 is 0 Å². The average molecular weight is 313 g/mol. The minimum Gasteiger partial charge on any atom is -0.392 e. The van der Waals surface area contributed by atoms with Crippen LogP contribution in [0.25, 0.3) is 22.3 Å². The molecule has 0 spiro atoms. The highest BCUT2D eigenvalue weighted by Gasteiger charge is 2.23. The number of aliphatic hydroxyl groups is 1. The molecule has 0 unspecified atom stereocenters. The summed E-state index contributed by atoms with van der Waals surface area (Å²) in [5.41, 5.74) is 5.19. The van der Waals surface area contributed by atoms with Gasteiger partial charge in [-0.2, -0.15) is 10.2 Å². The third kappa shape index (κ3) is 2.43. The summed E-state index contributed by atoms with van der Waals surface area (Å²) in [6.07, 6.45) is 1.81. The van der Waals surface area contributed by atoms with Crippen molar-refractivity contribution in [2.24, 2.45) is 7.05 Å². The second-order valence-corrected chi connectivity index (χ2v) is 6.96. The molecule has 23 heavy (non-hydrogen) atoms. The van der Waals surface area contributed by atoms with Gasteiger partial charge in [0.2, 0.25) is 0 Å². The standard InChI is InChI=1S/C17H23N5O/c1-10-15-12(9-23)7-14(13-8-18-21(6)11(13)2)19-16(15)22(20-10)17(3,4)5/h7-8,23H,9H2,1-6H3. The second-order valence-electron chi connectivity index (χ2n) is 6.96. The van der Waals surface area contributed by atoms with Crippen molar-refractivity contribution < 1.29 is 5.11 Å². The third-order valence-corrected chi connectivity index (χ3v) is 4.21. The largest absolute Gasteiger partial charge is 0.392 e. The SMILES string of the molecule is Cc1nn(C(C)(C)C)c2nc(-c3cnn(C)c3C)cc(CO)c12. The van der Waals surface area contributed by atoms with Gasteiger partial charge in [-0.1, -0.05) is 0 Å². The van der Waals surface area contributed by atoms with Crippen molar-refractivity contribution in [2.45, 2.75) is 46.8 Å². The molecule has 3 rings (SSSR count). The number of fused-ring (bicyclic) bond motifs is 1. The van der Waals surface area contributed by atoms with Gasteiger partial charge in [0.25, 0.3) is 0 Å². The molecule has 122 valence electrons. The molecule has 0 aliphatic rings. The summed E-state index contributed by atoms with van der Waals surface area (Å²) in [4.78, 5) is 4.85. The molecule has 0 aromatic carbocycles. The number of pyridine rings is 1. The fraction of sp³-hybridized carbons (Fsp3) is 0.471. The molecular weight excluding hydrogens is 290 g/mol. The van der Waals surface area contributed by atoms with E-state index in [0.717, 1.165) is 39.2 Å². The molecule has 1 N–H and O–H groups in total. The van der Waals surface area contributed by atoms with E-state index in [1.807, 2.05) is 42.5 Å². The van der Waals surface area contributed by atoms with Gasteiger partial charge in [-0.05, 0) is 46.2 Å². The molecule has 0 aliphatic carbocycles. The Hall–Kier alpha value is -2.21. The summed E-state index contributed by atoms with van der Waals surface area (Å²) >= 11 is 0. The van der Waals surface area contributed by atoms with Crippen molar-refractivity contribution in [3.63, 3.8) is 0 Å². The average Bonchev–Trinajstić information content (AvgIpc) is 2.99. The van der Waals surface area contributed by atoms with Crippen LogP contribution in [-0.2, 0) is 19.2 Å². The first-order valence-corrected chi connectivity index (χ1v) is 7.73. The van der Waals surface area contributed by atoms with Gasteiger partial charge in [-0.25, -0.2) is 9.67 Å². The predicted octanol–water partition coefficient (Wildman–Crippen LogP) is 2.70. The van der Waals surface area contributed by atoms with Crippen LogP contribution in [0.2, 0.25) is 0 Å². The number of rotatable bonds is 2. The van der Waals surface area contributed by atoms with Crippen LogP contribution in [0, 0.1) is 13.8 Å². The number of aliphatic hydroxyl groups excluding tert-OH is 1. The maximum atomic E-state index is 9.83. The molecule has 0 bridgehead atoms. The van der Waals surface area contributed by atoms with E-state index in [1.165, 1.54) is 0 Å². The van der Waals surface area contributed by atoms with Gasteiger partial charge in [-0.3, -0.25) is 4.68 Å². The Morgan fingerprint density at radius 3 is 2.43 bits per heavy atom. The normalized spacial score (nSPS) is 12.3. The monoisotopic (exact) mass is 313 g/mol. The van der Waals surface area contributed by atoms with Crippen LogP contribution in [0.5, 0.6) is 0 Å². The predicted molar refractivity (Wildman–Crippen MR) is 90.1 cm³/mol. The molecule has 0 aliphatic heterocycles. The zero-order valence-electron chi connectivity index (χ0n) is 14.5. The van der Waals surface area contributed by atoms with E-state index in [0.29, 0.717) is 0 Å². The summed E-state index contributed by atoms with van der Waals surface area (Å²) in [7, 11) is 1.91. The van der Waals surface area contributed by atoms with Crippen LogP contribution in [0.15, 0.2) is 12.3 Å². The fourth-order valence-electron chi connectivity index (χ4n) is 2.86. The minimum absolute atomic E-state index is 0.0397. The number of aryl methyl sites for hydroxylation is 2. The van der Waals surface area contributed by atoms with E-state index in [9.17, 15) is 5.11 Å². The molecule has 0 saturated carbocycles. The second kappa shape index (κ2) is 5.16. The van der Waals surface area contributed by atoms with Crippen molar-refractivity contribution >= 4 is 11.0 Å². The summed E-state index contributed by atoms with van der Waals surface area (Å²) in [6, 6.07) is 1.94. The number of aromatic nitrogens is 5. The summed E-state index contributed by atoms with van der Waals surface area (Å²) in [5.74, 6) is 0. The first kappa shape index (κ1) is 15.7.